The summed E-state index contributed by atoms with van der Waals surface area (Å²) in [6.07, 6.45) is 1.81. The van der Waals surface area contributed by atoms with Crippen molar-refractivity contribution in [1.29, 1.82) is 5.26 Å². The van der Waals surface area contributed by atoms with E-state index >= 15 is 0 Å². The van der Waals surface area contributed by atoms with Gasteiger partial charge in [-0.15, -0.1) is 0 Å². The van der Waals surface area contributed by atoms with Crippen LogP contribution < -0.4 is 4.74 Å². The fourth-order valence-corrected chi connectivity index (χ4v) is 2.45. The first-order valence-electron chi connectivity index (χ1n) is 6.65. The molecular weight excluding hydrogens is 264 g/mol. The van der Waals surface area contributed by atoms with Crippen molar-refractivity contribution in [3.05, 3.63) is 58.4 Å². The lowest BCUT2D eigenvalue weighted by atomic mass is 9.98. The number of carbonyl (C=O) groups is 1. The maximum atomic E-state index is 12.5. The summed E-state index contributed by atoms with van der Waals surface area (Å²) >= 11 is 0. The molecule has 0 N–H and O–H groups in total. The van der Waals surface area contributed by atoms with Crippen molar-refractivity contribution >= 4 is 11.9 Å². The Morgan fingerprint density at radius 1 is 1.38 bits per heavy atom. The molecule has 1 aromatic heterocycles. The van der Waals surface area contributed by atoms with E-state index in [0.717, 1.165) is 11.3 Å². The number of nitrogens with zero attached hydrogens (tertiary/aromatic N) is 2. The number of ketones is 1. The van der Waals surface area contributed by atoms with Gasteiger partial charge in [0, 0.05) is 18.3 Å². The second-order valence-corrected chi connectivity index (χ2v) is 5.02. The van der Waals surface area contributed by atoms with E-state index in [9.17, 15) is 4.79 Å². The van der Waals surface area contributed by atoms with Crippen LogP contribution in [0.1, 0.15) is 27.3 Å². The Morgan fingerprint density at radius 3 is 2.86 bits per heavy atom. The van der Waals surface area contributed by atoms with Gasteiger partial charge in [0.25, 0.3) is 0 Å². The van der Waals surface area contributed by atoms with Gasteiger partial charge in [0.15, 0.2) is 5.78 Å². The molecular formula is C17H14N2O2. The van der Waals surface area contributed by atoms with E-state index in [1.165, 1.54) is 0 Å². The largest absolute Gasteiger partial charge is 0.488 e. The van der Waals surface area contributed by atoms with Crippen LogP contribution >= 0.6 is 0 Å². The summed E-state index contributed by atoms with van der Waals surface area (Å²) < 4.78 is 7.43. The van der Waals surface area contributed by atoms with Gasteiger partial charge in [-0.3, -0.25) is 4.79 Å². The third-order valence-corrected chi connectivity index (χ3v) is 3.83. The van der Waals surface area contributed by atoms with E-state index < -0.39 is 0 Å². The highest BCUT2D eigenvalue weighted by Crippen LogP contribution is 2.28. The summed E-state index contributed by atoms with van der Waals surface area (Å²) in [6, 6.07) is 11.2. The van der Waals surface area contributed by atoms with Gasteiger partial charge in [-0.25, -0.2) is 0 Å². The van der Waals surface area contributed by atoms with Crippen LogP contribution in [0.2, 0.25) is 0 Å². The van der Waals surface area contributed by atoms with E-state index in [4.69, 9.17) is 10.00 Å². The summed E-state index contributed by atoms with van der Waals surface area (Å²) in [5.74, 6) is 0.612. The topological polar surface area (TPSA) is 55.0 Å². The highest BCUT2D eigenvalue weighted by atomic mass is 16.5. The molecule has 0 saturated carbocycles. The smallest absolute Gasteiger partial charge is 0.196 e. The van der Waals surface area contributed by atoms with Crippen molar-refractivity contribution in [2.45, 2.75) is 6.92 Å². The Bertz CT molecular complexity index is 807. The molecule has 0 bridgehead atoms. The lowest BCUT2D eigenvalue weighted by molar-refractivity contribution is 0.100. The molecule has 0 fully saturated rings. The molecule has 0 spiro atoms. The summed E-state index contributed by atoms with van der Waals surface area (Å²) in [5.41, 5.74) is 3.59. The van der Waals surface area contributed by atoms with Gasteiger partial charge in [-0.2, -0.15) is 5.26 Å². The quantitative estimate of drug-likeness (QED) is 0.754. The number of rotatable bonds is 1. The van der Waals surface area contributed by atoms with Crippen molar-refractivity contribution in [2.24, 2.45) is 7.05 Å². The van der Waals surface area contributed by atoms with Crippen molar-refractivity contribution < 1.29 is 9.53 Å². The Kier molecular flexibility index (Phi) is 3.11. The molecule has 1 aliphatic heterocycles. The Hall–Kier alpha value is -2.80. The van der Waals surface area contributed by atoms with Crippen LogP contribution in [-0.4, -0.2) is 17.0 Å². The number of hydrogen-bond acceptors (Lipinski definition) is 3. The lowest BCUT2D eigenvalue weighted by Gasteiger charge is -2.18. The zero-order valence-corrected chi connectivity index (χ0v) is 11.9. The van der Waals surface area contributed by atoms with Crippen molar-refractivity contribution in [3.63, 3.8) is 0 Å². The van der Waals surface area contributed by atoms with E-state index in [1.54, 1.807) is 18.2 Å². The minimum atomic E-state index is -0.0152. The third-order valence-electron chi connectivity index (χ3n) is 3.83. The average Bonchev–Trinajstić information content (AvgIpc) is 2.78. The molecule has 0 radical (unpaired) electrons. The highest BCUT2D eigenvalue weighted by Gasteiger charge is 2.23. The fourth-order valence-electron chi connectivity index (χ4n) is 2.45. The molecule has 1 aliphatic rings. The number of Topliss-reactive ketones (excluding diaryl/α,β-unsaturated/α-hetero) is 1. The van der Waals surface area contributed by atoms with Crippen molar-refractivity contribution in [2.75, 3.05) is 6.61 Å². The van der Waals surface area contributed by atoms with Crippen LogP contribution in [0.3, 0.4) is 0 Å². The Morgan fingerprint density at radius 2 is 2.14 bits per heavy atom. The minimum Gasteiger partial charge on any atom is -0.488 e. The summed E-state index contributed by atoms with van der Waals surface area (Å²) in [7, 11) is 1.84. The third kappa shape index (κ3) is 2.13. The molecule has 0 unspecified atom stereocenters. The van der Waals surface area contributed by atoms with Gasteiger partial charge < -0.3 is 9.30 Å². The first kappa shape index (κ1) is 13.2. The van der Waals surface area contributed by atoms with Gasteiger partial charge in [0.05, 0.1) is 5.56 Å². The minimum absolute atomic E-state index is 0.0152. The first-order valence-corrected chi connectivity index (χ1v) is 6.65. The predicted octanol–water partition coefficient (Wildman–Crippen LogP) is 2.86. The van der Waals surface area contributed by atoms with Crippen LogP contribution in [0.5, 0.6) is 5.75 Å². The molecule has 3 rings (SSSR count). The van der Waals surface area contributed by atoms with E-state index in [1.807, 2.05) is 36.7 Å². The van der Waals surface area contributed by atoms with Crippen LogP contribution in [0.15, 0.2) is 35.9 Å². The molecule has 4 heteroatoms. The summed E-state index contributed by atoms with van der Waals surface area (Å²) in [4.78, 5) is 12.5. The van der Waals surface area contributed by atoms with Gasteiger partial charge in [-0.05, 0) is 36.8 Å². The number of nitriles is 1. The van der Waals surface area contributed by atoms with Gasteiger partial charge in [-0.1, -0.05) is 12.1 Å². The zero-order chi connectivity index (χ0) is 15.0. The maximum absolute atomic E-state index is 12.5. The molecule has 2 heterocycles. The number of benzene rings is 1. The van der Waals surface area contributed by atoms with Crippen LogP contribution in [0, 0.1) is 18.3 Å². The molecule has 2 aromatic rings. The SMILES string of the molecule is Cc1c(C=C2COc3ccccc3C2=O)cc(C#N)n1C. The molecule has 0 atom stereocenters. The second kappa shape index (κ2) is 4.95. The van der Waals surface area contributed by atoms with Crippen molar-refractivity contribution in [3.8, 4) is 11.8 Å². The van der Waals surface area contributed by atoms with Gasteiger partial charge in [0.1, 0.15) is 24.1 Å². The molecule has 0 saturated heterocycles. The summed E-state index contributed by atoms with van der Waals surface area (Å²) in [6.45, 7) is 2.18. The fraction of sp³-hybridized carbons (Fsp3) is 0.176. The number of fused-ring (bicyclic) bond motifs is 1. The molecule has 104 valence electrons. The Labute approximate surface area is 122 Å². The molecule has 0 amide bonds. The summed E-state index contributed by atoms with van der Waals surface area (Å²) in [5, 5.41) is 9.06. The number of aromatic nitrogens is 1. The molecule has 1 aromatic carbocycles. The lowest BCUT2D eigenvalue weighted by Crippen LogP contribution is -2.18. The predicted molar refractivity (Wildman–Crippen MR) is 79.1 cm³/mol. The van der Waals surface area contributed by atoms with E-state index in [2.05, 4.69) is 6.07 Å². The van der Waals surface area contributed by atoms with Crippen LogP contribution in [0.25, 0.3) is 6.08 Å². The first-order chi connectivity index (χ1) is 10.1. The average molecular weight is 278 g/mol. The second-order valence-electron chi connectivity index (χ2n) is 5.02. The normalized spacial score (nSPS) is 15.5. The van der Waals surface area contributed by atoms with Crippen LogP contribution in [-0.2, 0) is 7.05 Å². The zero-order valence-electron chi connectivity index (χ0n) is 11.9. The standard InChI is InChI=1S/C17H14N2O2/c1-11-12(8-14(9-18)19(11)2)7-13-10-21-16-6-4-3-5-15(16)17(13)20/h3-8H,10H2,1-2H3. The number of hydrogen-bond donors (Lipinski definition) is 0. The molecule has 4 nitrogen and oxygen atoms in total. The number of para-hydroxylation sites is 1. The molecule has 0 aliphatic carbocycles. The number of carbonyl (C=O) groups excluding carboxylic acids is 1. The molecule has 21 heavy (non-hydrogen) atoms. The van der Waals surface area contributed by atoms with E-state index in [-0.39, 0.29) is 12.4 Å². The van der Waals surface area contributed by atoms with E-state index in [0.29, 0.717) is 22.6 Å². The monoisotopic (exact) mass is 278 g/mol. The highest BCUT2D eigenvalue weighted by molar-refractivity contribution is 6.14. The maximum Gasteiger partial charge on any atom is 0.196 e. The van der Waals surface area contributed by atoms with Crippen LogP contribution in [0.4, 0.5) is 0 Å². The van der Waals surface area contributed by atoms with Gasteiger partial charge >= 0.3 is 0 Å². The number of ether oxygens (including phenoxy) is 1. The van der Waals surface area contributed by atoms with Gasteiger partial charge in [0.2, 0.25) is 0 Å². The Balaban J connectivity index is 2.03. The van der Waals surface area contributed by atoms with Crippen molar-refractivity contribution in [1.82, 2.24) is 4.57 Å².